The number of imide groups is 1. The Morgan fingerprint density at radius 3 is 2.34 bits per heavy atom. The minimum absolute atomic E-state index is 0.00413. The molecule has 1 saturated heterocycles. The zero-order chi connectivity index (χ0) is 33.1. The molecule has 246 valence electrons. The van der Waals surface area contributed by atoms with Gasteiger partial charge in [0.25, 0.3) is 11.8 Å². The van der Waals surface area contributed by atoms with E-state index in [4.69, 9.17) is 23.7 Å². The Bertz CT molecular complexity index is 1110. The van der Waals surface area contributed by atoms with Crippen molar-refractivity contribution in [3.05, 3.63) is 35.9 Å². The lowest BCUT2D eigenvalue weighted by Crippen LogP contribution is -2.42. The lowest BCUT2D eigenvalue weighted by Gasteiger charge is -2.31. The molecule has 44 heavy (non-hydrogen) atoms. The van der Waals surface area contributed by atoms with E-state index in [-0.39, 0.29) is 70.4 Å². The fraction of sp³-hybridized carbons (Fsp3) is 0.567. The summed E-state index contributed by atoms with van der Waals surface area (Å²) in [7, 11) is 0. The highest BCUT2D eigenvalue weighted by Crippen LogP contribution is 2.30. The maximum absolute atomic E-state index is 11.9. The van der Waals surface area contributed by atoms with Crippen LogP contribution in [0.25, 0.3) is 0 Å². The summed E-state index contributed by atoms with van der Waals surface area (Å²) in [5, 5.41) is 21.9. The first-order chi connectivity index (χ1) is 21.1. The number of aliphatic carboxylic acids is 1. The zero-order valence-electron chi connectivity index (χ0n) is 25.9. The number of aliphatic hydroxyl groups is 1. The maximum atomic E-state index is 11.9. The van der Waals surface area contributed by atoms with Gasteiger partial charge >= 0.3 is 11.9 Å². The van der Waals surface area contributed by atoms with Gasteiger partial charge in [-0.1, -0.05) is 27.7 Å². The van der Waals surface area contributed by atoms with E-state index in [0.717, 1.165) is 17.1 Å². The van der Waals surface area contributed by atoms with Crippen LogP contribution in [0.2, 0.25) is 0 Å². The van der Waals surface area contributed by atoms with Crippen LogP contribution in [0.15, 0.2) is 30.4 Å². The molecule has 3 atom stereocenters. The predicted octanol–water partition coefficient (Wildman–Crippen LogP) is 1.96. The Morgan fingerprint density at radius 2 is 1.70 bits per heavy atom. The number of carbonyl (C=O) groups excluding carboxylic acids is 4. The minimum Gasteiger partial charge on any atom is -0.491 e. The molecule has 0 spiro atoms. The Labute approximate surface area is 257 Å². The van der Waals surface area contributed by atoms with Crippen molar-refractivity contribution >= 4 is 29.7 Å². The van der Waals surface area contributed by atoms with E-state index >= 15 is 0 Å². The van der Waals surface area contributed by atoms with E-state index < -0.39 is 42.3 Å². The van der Waals surface area contributed by atoms with Gasteiger partial charge in [-0.05, 0) is 12.1 Å². The van der Waals surface area contributed by atoms with Crippen molar-refractivity contribution in [2.24, 2.45) is 0 Å². The number of amides is 3. The molecule has 1 aromatic rings. The number of carbonyl (C=O) groups is 5. The average molecular weight is 625 g/mol. The number of aliphatic hydroxyl groups excluding tert-OH is 1. The quantitative estimate of drug-likeness (QED) is 0.146. The third-order valence-electron chi connectivity index (χ3n) is 5.80. The summed E-state index contributed by atoms with van der Waals surface area (Å²) in [5.74, 6) is -2.28. The molecule has 3 unspecified atom stereocenters. The highest BCUT2D eigenvalue weighted by Gasteiger charge is 2.34. The molecule has 14 heteroatoms. The third-order valence-corrected chi connectivity index (χ3v) is 5.80. The van der Waals surface area contributed by atoms with Crippen LogP contribution >= 0.6 is 0 Å². The van der Waals surface area contributed by atoms with Crippen molar-refractivity contribution in [1.29, 1.82) is 0 Å². The van der Waals surface area contributed by atoms with Gasteiger partial charge in [-0.15, -0.1) is 0 Å². The van der Waals surface area contributed by atoms with Crippen molar-refractivity contribution in [2.45, 2.75) is 79.0 Å². The minimum atomic E-state index is -1.22. The summed E-state index contributed by atoms with van der Waals surface area (Å²) in [5.41, 5.74) is 0.486. The standard InChI is InChI=1S/C26H32N2O12.2C2H6/c1-16(29)38-15-17-2-3-19(14-20(17)39-25-13-18(30)12-21(40-25)26(34)35)37-11-10-36-9-7-27-22(31)6-8-28-23(32)4-5-24(28)33;2*1-2/h2-5,14,18,21,25,30H,6-13,15H2,1H3,(H,27,31)(H,34,35);2*1-2H3. The van der Waals surface area contributed by atoms with Crippen LogP contribution in [-0.2, 0) is 44.8 Å². The highest BCUT2D eigenvalue weighted by atomic mass is 16.7. The predicted molar refractivity (Wildman–Crippen MR) is 157 cm³/mol. The molecule has 1 fully saturated rings. The van der Waals surface area contributed by atoms with Crippen molar-refractivity contribution in [1.82, 2.24) is 10.2 Å². The molecular weight excluding hydrogens is 580 g/mol. The second-order valence-corrected chi connectivity index (χ2v) is 8.91. The summed E-state index contributed by atoms with van der Waals surface area (Å²) in [4.78, 5) is 58.4. The van der Waals surface area contributed by atoms with E-state index in [0.29, 0.717) is 11.3 Å². The van der Waals surface area contributed by atoms with Gasteiger partial charge in [0.05, 0.1) is 19.3 Å². The molecule has 2 aliphatic heterocycles. The summed E-state index contributed by atoms with van der Waals surface area (Å²) in [6.07, 6.45) is -0.872. The lowest BCUT2D eigenvalue weighted by atomic mass is 10.1. The Kier molecular flexibility index (Phi) is 18.0. The van der Waals surface area contributed by atoms with Gasteiger partial charge in [0.15, 0.2) is 6.10 Å². The molecular formula is C30H44N2O12. The van der Waals surface area contributed by atoms with E-state index in [9.17, 15) is 34.2 Å². The topological polar surface area (TPSA) is 187 Å². The van der Waals surface area contributed by atoms with E-state index in [1.54, 1.807) is 12.1 Å². The van der Waals surface area contributed by atoms with E-state index in [1.165, 1.54) is 13.0 Å². The van der Waals surface area contributed by atoms with Crippen molar-refractivity contribution in [3.8, 4) is 11.5 Å². The van der Waals surface area contributed by atoms with E-state index in [1.807, 2.05) is 27.7 Å². The summed E-state index contributed by atoms with van der Waals surface area (Å²) in [6.45, 7) is 9.96. The molecule has 1 aromatic carbocycles. The number of esters is 1. The SMILES string of the molecule is CC.CC.CC(=O)OCc1ccc(OCCOCCNC(=O)CCN2C(=O)C=CC2=O)cc1OC1CC(O)CC(C(=O)O)O1. The Morgan fingerprint density at radius 1 is 1.02 bits per heavy atom. The fourth-order valence-electron chi connectivity index (χ4n) is 3.81. The van der Waals surface area contributed by atoms with Crippen LogP contribution in [-0.4, -0.2) is 96.2 Å². The third kappa shape index (κ3) is 13.5. The van der Waals surface area contributed by atoms with Crippen LogP contribution in [0.1, 0.15) is 59.4 Å². The van der Waals surface area contributed by atoms with Crippen molar-refractivity contribution in [2.75, 3.05) is 32.9 Å². The molecule has 0 bridgehead atoms. The number of carboxylic acids is 1. The number of nitrogens with one attached hydrogen (secondary N) is 1. The van der Waals surface area contributed by atoms with Crippen LogP contribution in [0.4, 0.5) is 0 Å². The van der Waals surface area contributed by atoms with Gasteiger partial charge in [-0.2, -0.15) is 0 Å². The molecule has 14 nitrogen and oxygen atoms in total. The number of ether oxygens (including phenoxy) is 5. The van der Waals surface area contributed by atoms with Crippen LogP contribution in [0.5, 0.6) is 11.5 Å². The first-order valence-electron chi connectivity index (χ1n) is 14.6. The normalized spacial score (nSPS) is 18.8. The monoisotopic (exact) mass is 624 g/mol. The first kappa shape index (κ1) is 38.0. The number of hydrogen-bond donors (Lipinski definition) is 3. The largest absolute Gasteiger partial charge is 0.491 e. The second-order valence-electron chi connectivity index (χ2n) is 8.91. The molecule has 0 aliphatic carbocycles. The van der Waals surface area contributed by atoms with Crippen molar-refractivity contribution < 1.29 is 57.9 Å². The Hall–Kier alpha value is -4.01. The van der Waals surface area contributed by atoms with Crippen LogP contribution < -0.4 is 14.8 Å². The smallest absolute Gasteiger partial charge is 0.333 e. The molecule has 3 rings (SSSR count). The van der Waals surface area contributed by atoms with Gasteiger partial charge in [0.2, 0.25) is 12.2 Å². The zero-order valence-corrected chi connectivity index (χ0v) is 25.9. The molecule has 0 aromatic heterocycles. The fourth-order valence-corrected chi connectivity index (χ4v) is 3.81. The number of nitrogens with zero attached hydrogens (tertiary/aromatic N) is 1. The van der Waals surface area contributed by atoms with Gasteiger partial charge < -0.3 is 39.2 Å². The molecule has 2 heterocycles. The first-order valence-corrected chi connectivity index (χ1v) is 14.6. The van der Waals surface area contributed by atoms with Gasteiger partial charge in [-0.25, -0.2) is 4.79 Å². The average Bonchev–Trinajstić information content (AvgIpc) is 3.33. The van der Waals surface area contributed by atoms with Crippen LogP contribution in [0.3, 0.4) is 0 Å². The summed E-state index contributed by atoms with van der Waals surface area (Å²) < 4.78 is 27.4. The number of carboxylic acid groups (broad SMARTS) is 1. The number of hydrogen-bond acceptors (Lipinski definition) is 11. The van der Waals surface area contributed by atoms with Crippen LogP contribution in [0, 0.1) is 0 Å². The van der Waals surface area contributed by atoms with Gasteiger partial charge in [0.1, 0.15) is 24.7 Å². The molecule has 3 amide bonds. The number of benzene rings is 1. The molecule has 0 saturated carbocycles. The highest BCUT2D eigenvalue weighted by molar-refractivity contribution is 6.13. The van der Waals surface area contributed by atoms with Gasteiger partial charge in [-0.3, -0.25) is 24.1 Å². The number of rotatable bonds is 15. The molecule has 3 N–H and O–H groups in total. The molecule has 2 aliphatic rings. The maximum Gasteiger partial charge on any atom is 0.333 e. The van der Waals surface area contributed by atoms with Gasteiger partial charge in [0, 0.05) is 63.1 Å². The Balaban J connectivity index is 0.00000232. The molecule has 0 radical (unpaired) electrons. The van der Waals surface area contributed by atoms with E-state index in [2.05, 4.69) is 5.32 Å². The summed E-state index contributed by atoms with van der Waals surface area (Å²) in [6, 6.07) is 4.79. The lowest BCUT2D eigenvalue weighted by molar-refractivity contribution is -0.195. The van der Waals surface area contributed by atoms with Crippen molar-refractivity contribution in [3.63, 3.8) is 0 Å². The summed E-state index contributed by atoms with van der Waals surface area (Å²) >= 11 is 0. The second kappa shape index (κ2) is 20.8.